The normalized spacial score (nSPS) is 18.9. The monoisotopic (exact) mass is 283 g/mol. The molecule has 0 saturated carbocycles. The number of anilines is 1. The summed E-state index contributed by atoms with van der Waals surface area (Å²) >= 11 is 0. The Kier molecular flexibility index (Phi) is 3.13. The zero-order chi connectivity index (χ0) is 15.1. The first-order valence-corrected chi connectivity index (χ1v) is 5.51. The number of hydrogen-bond donors (Lipinski definition) is 1. The first kappa shape index (κ1) is 13.9. The third-order valence-electron chi connectivity index (χ3n) is 2.82. The predicted molar refractivity (Wildman–Crippen MR) is 61.6 cm³/mol. The van der Waals surface area contributed by atoms with Crippen molar-refractivity contribution in [3.05, 3.63) is 29.3 Å². The van der Waals surface area contributed by atoms with Gasteiger partial charge in [-0.3, -0.25) is 4.79 Å². The second kappa shape index (κ2) is 4.52. The second-order valence-corrected chi connectivity index (χ2v) is 4.18. The van der Waals surface area contributed by atoms with E-state index in [-0.39, 0.29) is 5.69 Å². The van der Waals surface area contributed by atoms with E-state index in [0.717, 1.165) is 12.1 Å². The van der Waals surface area contributed by atoms with Crippen LogP contribution < -0.4 is 10.2 Å². The molecule has 1 N–H and O–H groups in total. The molecular weight excluding hydrogens is 275 g/mol. The summed E-state index contributed by atoms with van der Waals surface area (Å²) < 4.78 is 38.5. The van der Waals surface area contributed by atoms with Crippen LogP contribution in [0.15, 0.2) is 18.2 Å². The highest BCUT2D eigenvalue weighted by atomic mass is 19.4. The van der Waals surface area contributed by atoms with Gasteiger partial charge in [0, 0.05) is 0 Å². The molecule has 1 aliphatic rings. The fraction of sp³-hybridized carbons (Fsp3) is 0.250. The van der Waals surface area contributed by atoms with Crippen molar-refractivity contribution in [1.29, 1.82) is 5.26 Å². The number of alkyl halides is 3. The molecule has 1 aromatic rings. The molecule has 20 heavy (non-hydrogen) atoms. The standard InChI is InChI=1S/C12H8F3N3O2/c1-6-10(19)18(11(20)17-6)8-3-2-7(5-16)9(4-8)12(13,14)15/h2-4,6H,1H3,(H,17,20). The third kappa shape index (κ3) is 2.18. The SMILES string of the molecule is CC1NC(=O)N(c2ccc(C#N)c(C(F)(F)F)c2)C1=O. The summed E-state index contributed by atoms with van der Waals surface area (Å²) in [4.78, 5) is 23.9. The van der Waals surface area contributed by atoms with Crippen molar-refractivity contribution in [2.24, 2.45) is 0 Å². The highest BCUT2D eigenvalue weighted by Crippen LogP contribution is 2.35. The molecule has 104 valence electrons. The van der Waals surface area contributed by atoms with E-state index in [1.165, 1.54) is 13.0 Å². The van der Waals surface area contributed by atoms with Gasteiger partial charge in [0.2, 0.25) is 0 Å². The summed E-state index contributed by atoms with van der Waals surface area (Å²) in [5, 5.41) is 11.0. The molecule has 1 aromatic carbocycles. The molecular formula is C12H8F3N3O2. The fourth-order valence-corrected chi connectivity index (χ4v) is 1.85. The van der Waals surface area contributed by atoms with Crippen molar-refractivity contribution >= 4 is 17.6 Å². The lowest BCUT2D eigenvalue weighted by atomic mass is 10.1. The lowest BCUT2D eigenvalue weighted by molar-refractivity contribution is -0.137. The van der Waals surface area contributed by atoms with Crippen LogP contribution in [0.3, 0.4) is 0 Å². The molecule has 1 atom stereocenters. The number of carbonyl (C=O) groups excluding carboxylic acids is 2. The highest BCUT2D eigenvalue weighted by molar-refractivity contribution is 6.21. The molecule has 1 saturated heterocycles. The van der Waals surface area contributed by atoms with Gasteiger partial charge < -0.3 is 5.32 Å². The number of imide groups is 1. The Morgan fingerprint density at radius 3 is 2.45 bits per heavy atom. The maximum Gasteiger partial charge on any atom is 0.417 e. The number of rotatable bonds is 1. The van der Waals surface area contributed by atoms with E-state index in [4.69, 9.17) is 5.26 Å². The minimum absolute atomic E-state index is 0.219. The largest absolute Gasteiger partial charge is 0.417 e. The lowest BCUT2D eigenvalue weighted by Gasteiger charge is -2.16. The summed E-state index contributed by atoms with van der Waals surface area (Å²) in [5.74, 6) is -0.646. The molecule has 0 radical (unpaired) electrons. The van der Waals surface area contributed by atoms with Crippen LogP contribution in [0.25, 0.3) is 0 Å². The predicted octanol–water partition coefficient (Wildman–Crippen LogP) is 2.02. The number of hydrogen-bond acceptors (Lipinski definition) is 3. The Morgan fingerprint density at radius 2 is 2.00 bits per heavy atom. The quantitative estimate of drug-likeness (QED) is 0.801. The van der Waals surface area contributed by atoms with Gasteiger partial charge in [-0.05, 0) is 25.1 Å². The smallest absolute Gasteiger partial charge is 0.326 e. The Bertz CT molecular complexity index is 634. The van der Waals surface area contributed by atoms with Crippen molar-refractivity contribution < 1.29 is 22.8 Å². The van der Waals surface area contributed by atoms with Crippen molar-refractivity contribution in [1.82, 2.24) is 5.32 Å². The first-order valence-electron chi connectivity index (χ1n) is 5.51. The molecule has 0 aliphatic carbocycles. The first-order chi connectivity index (χ1) is 9.25. The van der Waals surface area contributed by atoms with Gasteiger partial charge in [-0.25, -0.2) is 9.69 Å². The van der Waals surface area contributed by atoms with E-state index in [0.29, 0.717) is 11.0 Å². The van der Waals surface area contributed by atoms with Gasteiger partial charge in [0.15, 0.2) is 0 Å². The van der Waals surface area contributed by atoms with Crippen molar-refractivity contribution in [2.45, 2.75) is 19.1 Å². The van der Waals surface area contributed by atoms with Crippen molar-refractivity contribution in [2.75, 3.05) is 4.90 Å². The molecule has 3 amide bonds. The Morgan fingerprint density at radius 1 is 1.35 bits per heavy atom. The number of carbonyl (C=O) groups is 2. The molecule has 5 nitrogen and oxygen atoms in total. The molecule has 0 aromatic heterocycles. The number of nitriles is 1. The topological polar surface area (TPSA) is 73.2 Å². The summed E-state index contributed by atoms with van der Waals surface area (Å²) in [7, 11) is 0. The summed E-state index contributed by atoms with van der Waals surface area (Å²) in [6.07, 6.45) is -4.74. The zero-order valence-electron chi connectivity index (χ0n) is 10.2. The molecule has 0 bridgehead atoms. The van der Waals surface area contributed by atoms with Gasteiger partial charge in [-0.1, -0.05) is 0 Å². The van der Waals surface area contributed by atoms with Gasteiger partial charge >= 0.3 is 12.2 Å². The maximum absolute atomic E-state index is 12.8. The average molecular weight is 283 g/mol. The number of nitrogens with zero attached hydrogens (tertiary/aromatic N) is 2. The number of benzene rings is 1. The van der Waals surface area contributed by atoms with Gasteiger partial charge in [-0.2, -0.15) is 18.4 Å². The average Bonchev–Trinajstić information content (AvgIpc) is 2.61. The second-order valence-electron chi connectivity index (χ2n) is 4.18. The number of urea groups is 1. The number of halogens is 3. The molecule has 8 heteroatoms. The third-order valence-corrected chi connectivity index (χ3v) is 2.82. The molecule has 1 unspecified atom stereocenters. The van der Waals surface area contributed by atoms with E-state index < -0.39 is 35.3 Å². The molecule has 0 spiro atoms. The van der Waals surface area contributed by atoms with Crippen LogP contribution in [0, 0.1) is 11.3 Å². The van der Waals surface area contributed by atoms with Crippen molar-refractivity contribution in [3.8, 4) is 6.07 Å². The van der Waals surface area contributed by atoms with E-state index in [1.54, 1.807) is 0 Å². The Balaban J connectivity index is 2.53. The number of amides is 3. The highest BCUT2D eigenvalue weighted by Gasteiger charge is 2.39. The van der Waals surface area contributed by atoms with Gasteiger partial charge in [0.25, 0.3) is 5.91 Å². The van der Waals surface area contributed by atoms with E-state index in [1.807, 2.05) is 0 Å². The minimum atomic E-state index is -4.74. The number of nitrogens with one attached hydrogen (secondary N) is 1. The van der Waals surface area contributed by atoms with Crippen LogP contribution in [0.4, 0.5) is 23.7 Å². The molecule has 1 fully saturated rings. The van der Waals surface area contributed by atoms with Crippen molar-refractivity contribution in [3.63, 3.8) is 0 Å². The van der Waals surface area contributed by atoms with Gasteiger partial charge in [0.1, 0.15) is 6.04 Å². The summed E-state index contributed by atoms with van der Waals surface area (Å²) in [6.45, 7) is 1.43. The van der Waals surface area contributed by atoms with Gasteiger partial charge in [0.05, 0.1) is 22.9 Å². The van der Waals surface area contributed by atoms with Gasteiger partial charge in [-0.15, -0.1) is 0 Å². The van der Waals surface area contributed by atoms with Crippen LogP contribution >= 0.6 is 0 Å². The molecule has 2 rings (SSSR count). The Labute approximate surface area is 111 Å². The van der Waals surface area contributed by atoms with Crippen LogP contribution in [0.5, 0.6) is 0 Å². The molecule has 1 heterocycles. The van der Waals surface area contributed by atoms with Crippen LogP contribution in [0.2, 0.25) is 0 Å². The van der Waals surface area contributed by atoms with E-state index >= 15 is 0 Å². The summed E-state index contributed by atoms with van der Waals surface area (Å²) in [5.41, 5.74) is -1.97. The van der Waals surface area contributed by atoms with Crippen LogP contribution in [0.1, 0.15) is 18.1 Å². The minimum Gasteiger partial charge on any atom is -0.326 e. The fourth-order valence-electron chi connectivity index (χ4n) is 1.85. The summed E-state index contributed by atoms with van der Waals surface area (Å²) in [6, 6.07) is 2.52. The van der Waals surface area contributed by atoms with Crippen LogP contribution in [-0.2, 0) is 11.0 Å². The lowest BCUT2D eigenvalue weighted by Crippen LogP contribution is -2.31. The van der Waals surface area contributed by atoms with E-state index in [9.17, 15) is 22.8 Å². The molecule has 1 aliphatic heterocycles. The zero-order valence-corrected chi connectivity index (χ0v) is 10.2. The Hall–Kier alpha value is -2.56. The maximum atomic E-state index is 12.8. The van der Waals surface area contributed by atoms with E-state index in [2.05, 4.69) is 5.32 Å². The van der Waals surface area contributed by atoms with Crippen LogP contribution in [-0.4, -0.2) is 18.0 Å².